The van der Waals surface area contributed by atoms with E-state index in [-0.39, 0.29) is 0 Å². The first-order chi connectivity index (χ1) is 7.58. The normalized spacial score (nSPS) is 10.9. The Kier molecular flexibility index (Phi) is 3.36. The van der Waals surface area contributed by atoms with E-state index in [1.54, 1.807) is 16.4 Å². The molecule has 86 valence electrons. The second-order valence-corrected chi connectivity index (χ2v) is 5.76. The van der Waals surface area contributed by atoms with E-state index in [4.69, 9.17) is 17.3 Å². The lowest BCUT2D eigenvalue weighted by molar-refractivity contribution is 0.757. The van der Waals surface area contributed by atoms with Crippen LogP contribution in [0.2, 0.25) is 5.15 Å². The molecule has 0 aliphatic carbocycles. The number of thioether (sulfide) groups is 1. The second-order valence-electron chi connectivity index (χ2n) is 3.17. The Balaban J connectivity index is 2.10. The van der Waals surface area contributed by atoms with E-state index in [2.05, 4.69) is 15.3 Å². The highest BCUT2D eigenvalue weighted by molar-refractivity contribution is 8.00. The van der Waals surface area contributed by atoms with Crippen molar-refractivity contribution in [2.75, 3.05) is 5.73 Å². The molecule has 8 heteroatoms. The maximum absolute atomic E-state index is 6.12. The van der Waals surface area contributed by atoms with Crippen LogP contribution in [-0.2, 0) is 12.8 Å². The van der Waals surface area contributed by atoms with Gasteiger partial charge in [-0.25, -0.2) is 0 Å². The van der Waals surface area contributed by atoms with Crippen LogP contribution in [0.15, 0.2) is 4.34 Å². The molecule has 0 unspecified atom stereocenters. The SMILES string of the molecule is Cc1nn(C)c(Cl)c1CSc1nnc(N)s1. The lowest BCUT2D eigenvalue weighted by Crippen LogP contribution is -1.89. The first-order valence-electron chi connectivity index (χ1n) is 4.47. The molecule has 0 aliphatic rings. The first kappa shape index (κ1) is 11.7. The fraction of sp³-hybridized carbons (Fsp3) is 0.375. The van der Waals surface area contributed by atoms with Gasteiger partial charge in [0.1, 0.15) is 5.15 Å². The smallest absolute Gasteiger partial charge is 0.203 e. The minimum absolute atomic E-state index is 0.483. The predicted octanol–water partition coefficient (Wildman–Crippen LogP) is 2.11. The predicted molar refractivity (Wildman–Crippen MR) is 66.8 cm³/mol. The minimum Gasteiger partial charge on any atom is -0.374 e. The highest BCUT2D eigenvalue weighted by Gasteiger charge is 2.12. The van der Waals surface area contributed by atoms with Crippen molar-refractivity contribution in [2.24, 2.45) is 7.05 Å². The monoisotopic (exact) mass is 275 g/mol. The van der Waals surface area contributed by atoms with Crippen molar-refractivity contribution >= 4 is 39.8 Å². The molecular formula is C8H10ClN5S2. The molecule has 2 N–H and O–H groups in total. The van der Waals surface area contributed by atoms with Crippen molar-refractivity contribution in [3.63, 3.8) is 0 Å². The quantitative estimate of drug-likeness (QED) is 0.869. The van der Waals surface area contributed by atoms with Crippen molar-refractivity contribution < 1.29 is 0 Å². The van der Waals surface area contributed by atoms with Crippen molar-refractivity contribution in [1.29, 1.82) is 0 Å². The molecule has 0 radical (unpaired) electrons. The third kappa shape index (κ3) is 2.31. The molecule has 0 aromatic carbocycles. The molecule has 2 aromatic rings. The fourth-order valence-electron chi connectivity index (χ4n) is 1.25. The van der Waals surface area contributed by atoms with Gasteiger partial charge < -0.3 is 5.73 Å². The van der Waals surface area contributed by atoms with Crippen LogP contribution in [0, 0.1) is 6.92 Å². The van der Waals surface area contributed by atoms with E-state index < -0.39 is 0 Å². The Bertz CT molecular complexity index is 506. The Hall–Kier alpha value is -0.790. The molecule has 0 amide bonds. The molecule has 2 rings (SSSR count). The van der Waals surface area contributed by atoms with Gasteiger partial charge in [0, 0.05) is 18.4 Å². The van der Waals surface area contributed by atoms with Crippen molar-refractivity contribution in [1.82, 2.24) is 20.0 Å². The van der Waals surface area contributed by atoms with E-state index >= 15 is 0 Å². The third-order valence-corrected chi connectivity index (χ3v) is 4.42. The maximum Gasteiger partial charge on any atom is 0.203 e. The number of aryl methyl sites for hydroxylation is 2. The number of nitrogens with two attached hydrogens (primary N) is 1. The zero-order valence-electron chi connectivity index (χ0n) is 8.77. The van der Waals surface area contributed by atoms with Crippen LogP contribution in [0.4, 0.5) is 5.13 Å². The van der Waals surface area contributed by atoms with Crippen LogP contribution in [0.25, 0.3) is 0 Å². The summed E-state index contributed by atoms with van der Waals surface area (Å²) < 4.78 is 2.51. The first-order valence-corrected chi connectivity index (χ1v) is 6.65. The number of nitrogen functional groups attached to an aromatic ring is 1. The minimum atomic E-state index is 0.483. The maximum atomic E-state index is 6.12. The highest BCUT2D eigenvalue weighted by Crippen LogP contribution is 2.30. The van der Waals surface area contributed by atoms with Crippen molar-refractivity contribution in [2.45, 2.75) is 17.0 Å². The fourth-order valence-corrected chi connectivity index (χ4v) is 3.29. The van der Waals surface area contributed by atoms with Gasteiger partial charge in [-0.05, 0) is 6.92 Å². The summed E-state index contributed by atoms with van der Waals surface area (Å²) in [4.78, 5) is 0. The molecule has 0 bridgehead atoms. The molecule has 2 heterocycles. The van der Waals surface area contributed by atoms with Gasteiger partial charge >= 0.3 is 0 Å². The largest absolute Gasteiger partial charge is 0.374 e. The summed E-state index contributed by atoms with van der Waals surface area (Å²) in [5.74, 6) is 0.729. The zero-order valence-corrected chi connectivity index (χ0v) is 11.2. The zero-order chi connectivity index (χ0) is 11.7. The molecule has 2 aromatic heterocycles. The standard InChI is InChI=1S/C8H10ClN5S2/c1-4-5(6(9)14(2)13-4)3-15-8-12-11-7(10)16-8/h3H2,1-2H3,(H2,10,11). The van der Waals surface area contributed by atoms with Gasteiger partial charge in [-0.1, -0.05) is 34.7 Å². The molecule has 0 atom stereocenters. The van der Waals surface area contributed by atoms with Crippen LogP contribution in [-0.4, -0.2) is 20.0 Å². The Labute approximate surface area is 106 Å². The average Bonchev–Trinajstić information content (AvgIpc) is 2.72. The molecular weight excluding hydrogens is 266 g/mol. The van der Waals surface area contributed by atoms with Crippen LogP contribution in [0.1, 0.15) is 11.3 Å². The molecule has 16 heavy (non-hydrogen) atoms. The number of anilines is 1. The highest BCUT2D eigenvalue weighted by atomic mass is 35.5. The summed E-state index contributed by atoms with van der Waals surface area (Å²) >= 11 is 9.05. The van der Waals surface area contributed by atoms with Gasteiger partial charge in [0.05, 0.1) is 5.69 Å². The van der Waals surface area contributed by atoms with Crippen molar-refractivity contribution in [3.05, 3.63) is 16.4 Å². The summed E-state index contributed by atoms with van der Waals surface area (Å²) in [7, 11) is 1.83. The van der Waals surface area contributed by atoms with Gasteiger partial charge in [-0.15, -0.1) is 10.2 Å². The van der Waals surface area contributed by atoms with Gasteiger partial charge in [0.2, 0.25) is 5.13 Å². The van der Waals surface area contributed by atoms with Crippen LogP contribution in [0.5, 0.6) is 0 Å². The Morgan fingerprint density at radius 1 is 1.50 bits per heavy atom. The van der Waals surface area contributed by atoms with Gasteiger partial charge in [0.25, 0.3) is 0 Å². The summed E-state index contributed by atoms with van der Waals surface area (Å²) in [5, 5.41) is 13.1. The molecule has 0 spiro atoms. The lowest BCUT2D eigenvalue weighted by atomic mass is 10.3. The average molecular weight is 276 g/mol. The summed E-state index contributed by atoms with van der Waals surface area (Å²) in [6.07, 6.45) is 0. The van der Waals surface area contributed by atoms with E-state index in [0.717, 1.165) is 21.3 Å². The summed E-state index contributed by atoms with van der Waals surface area (Å²) in [6, 6.07) is 0. The number of nitrogens with zero attached hydrogens (tertiary/aromatic N) is 4. The molecule has 0 fully saturated rings. The van der Waals surface area contributed by atoms with E-state index in [9.17, 15) is 0 Å². The van der Waals surface area contributed by atoms with Crippen LogP contribution in [0.3, 0.4) is 0 Å². The van der Waals surface area contributed by atoms with E-state index in [0.29, 0.717) is 10.3 Å². The van der Waals surface area contributed by atoms with Crippen molar-refractivity contribution in [3.8, 4) is 0 Å². The lowest BCUT2D eigenvalue weighted by Gasteiger charge is -1.97. The van der Waals surface area contributed by atoms with E-state index in [1.165, 1.54) is 11.3 Å². The third-order valence-electron chi connectivity index (χ3n) is 2.03. The second kappa shape index (κ2) is 4.60. The number of aromatic nitrogens is 4. The number of halogens is 1. The Morgan fingerprint density at radius 3 is 2.75 bits per heavy atom. The number of hydrogen-bond donors (Lipinski definition) is 1. The van der Waals surface area contributed by atoms with E-state index in [1.807, 2.05) is 14.0 Å². The molecule has 0 saturated heterocycles. The molecule has 0 saturated carbocycles. The topological polar surface area (TPSA) is 69.6 Å². The van der Waals surface area contributed by atoms with Gasteiger partial charge in [-0.2, -0.15) is 5.10 Å². The van der Waals surface area contributed by atoms with Gasteiger partial charge in [-0.3, -0.25) is 4.68 Å². The van der Waals surface area contributed by atoms with Gasteiger partial charge in [0.15, 0.2) is 4.34 Å². The number of hydrogen-bond acceptors (Lipinski definition) is 6. The molecule has 0 aliphatic heterocycles. The van der Waals surface area contributed by atoms with Crippen LogP contribution >= 0.6 is 34.7 Å². The van der Waals surface area contributed by atoms with Crippen LogP contribution < -0.4 is 5.73 Å². The number of rotatable bonds is 3. The summed E-state index contributed by atoms with van der Waals surface area (Å²) in [5.41, 5.74) is 7.47. The summed E-state index contributed by atoms with van der Waals surface area (Å²) in [6.45, 7) is 1.94. The molecule has 5 nitrogen and oxygen atoms in total. The Morgan fingerprint density at radius 2 is 2.25 bits per heavy atom.